The zero-order valence-corrected chi connectivity index (χ0v) is 27.9. The molecule has 1 aromatic heterocycles. The van der Waals surface area contributed by atoms with E-state index in [-0.39, 0.29) is 49.8 Å². The van der Waals surface area contributed by atoms with Gasteiger partial charge in [0, 0.05) is 23.5 Å². The van der Waals surface area contributed by atoms with Gasteiger partial charge in [0.15, 0.2) is 23.5 Å². The molecule has 49 heavy (non-hydrogen) atoms. The molecule has 0 bridgehead atoms. The van der Waals surface area contributed by atoms with Crippen LogP contribution in [0.1, 0.15) is 46.9 Å². The Morgan fingerprint density at radius 3 is 2.61 bits per heavy atom. The number of hydrogen-bond acceptors (Lipinski definition) is 14. The summed E-state index contributed by atoms with van der Waals surface area (Å²) in [7, 11) is 0. The fraction of sp³-hybridized carbons (Fsp3) is 0.485. The van der Waals surface area contributed by atoms with Crippen LogP contribution >= 0.6 is 11.3 Å². The molecule has 15 nitrogen and oxygen atoms in total. The average Bonchev–Trinajstić information content (AvgIpc) is 3.86. The number of fused-ring (bicyclic) bond motifs is 2. The van der Waals surface area contributed by atoms with Crippen LogP contribution in [0, 0.1) is 12.8 Å². The van der Waals surface area contributed by atoms with Gasteiger partial charge in [-0.2, -0.15) is 0 Å². The highest BCUT2D eigenvalue weighted by Gasteiger charge is 2.55. The summed E-state index contributed by atoms with van der Waals surface area (Å²) >= 11 is 1.24. The molecule has 264 valence electrons. The number of aliphatic hydroxyl groups excluding tert-OH is 1. The Hall–Kier alpha value is -4.03. The number of aromatic nitrogens is 1. The molecule has 3 aliphatic heterocycles. The number of aliphatic hydroxyl groups is 4. The number of rotatable bonds is 12. The Labute approximate surface area is 285 Å². The zero-order chi connectivity index (χ0) is 34.9. The number of carbonyl (C=O) groups excluding carboxylic acids is 2. The molecule has 2 aromatic carbocycles. The predicted octanol–water partition coefficient (Wildman–Crippen LogP) is 1.98. The summed E-state index contributed by atoms with van der Waals surface area (Å²) in [5.74, 6) is -4.42. The maximum absolute atomic E-state index is 13.6. The number of carbonyl (C=O) groups is 2. The van der Waals surface area contributed by atoms with Crippen molar-refractivity contribution in [1.82, 2.24) is 15.2 Å². The van der Waals surface area contributed by atoms with Crippen LogP contribution in [0.2, 0.25) is 0 Å². The molecule has 4 heterocycles. The van der Waals surface area contributed by atoms with Crippen LogP contribution in [0.3, 0.4) is 0 Å². The van der Waals surface area contributed by atoms with Crippen molar-refractivity contribution in [2.45, 2.75) is 69.9 Å². The minimum atomic E-state index is -2.66. The first-order valence-electron chi connectivity index (χ1n) is 15.8. The third-order valence-electron chi connectivity index (χ3n) is 8.59. The lowest BCUT2D eigenvalue weighted by atomic mass is 9.99. The van der Waals surface area contributed by atoms with Crippen molar-refractivity contribution in [3.05, 3.63) is 69.7 Å². The molecule has 5 atom stereocenters. The molecule has 0 saturated carbocycles. The number of hydrogen-bond donors (Lipinski definition) is 5. The minimum Gasteiger partial charge on any atom is -0.454 e. The Balaban J connectivity index is 1.18. The average molecular weight is 702 g/mol. The zero-order valence-electron chi connectivity index (χ0n) is 27.1. The quantitative estimate of drug-likeness (QED) is 0.172. The van der Waals surface area contributed by atoms with E-state index in [2.05, 4.69) is 10.3 Å². The van der Waals surface area contributed by atoms with Crippen molar-refractivity contribution in [2.75, 3.05) is 26.6 Å². The monoisotopic (exact) mass is 701 g/mol. The molecule has 16 heteroatoms. The van der Waals surface area contributed by atoms with Gasteiger partial charge in [0.25, 0.3) is 5.91 Å². The van der Waals surface area contributed by atoms with E-state index in [0.29, 0.717) is 40.7 Å². The molecule has 3 aliphatic rings. The van der Waals surface area contributed by atoms with Crippen LogP contribution in [0.25, 0.3) is 0 Å². The van der Waals surface area contributed by atoms with Gasteiger partial charge in [-0.25, -0.2) is 9.78 Å². The van der Waals surface area contributed by atoms with Gasteiger partial charge in [-0.15, -0.1) is 11.3 Å². The maximum atomic E-state index is 13.6. The van der Waals surface area contributed by atoms with Crippen molar-refractivity contribution < 1.29 is 58.4 Å². The second kappa shape index (κ2) is 14.1. The molecule has 5 N–H and O–H groups in total. The predicted molar refractivity (Wildman–Crippen MR) is 171 cm³/mol. The van der Waals surface area contributed by atoms with Gasteiger partial charge in [-0.05, 0) is 69.5 Å². The van der Waals surface area contributed by atoms with Gasteiger partial charge < -0.3 is 59.1 Å². The first-order chi connectivity index (χ1) is 23.3. The largest absolute Gasteiger partial charge is 0.454 e. The van der Waals surface area contributed by atoms with Crippen molar-refractivity contribution in [2.24, 2.45) is 5.92 Å². The molecular formula is C33H39N3O12S. The van der Waals surface area contributed by atoms with Gasteiger partial charge in [0.1, 0.15) is 12.4 Å². The van der Waals surface area contributed by atoms with Gasteiger partial charge in [-0.3, -0.25) is 4.79 Å². The van der Waals surface area contributed by atoms with Crippen molar-refractivity contribution in [3.8, 4) is 17.2 Å². The fourth-order valence-corrected chi connectivity index (χ4v) is 6.57. The van der Waals surface area contributed by atoms with E-state index in [9.17, 15) is 30.0 Å². The van der Waals surface area contributed by atoms with Gasteiger partial charge in [0.2, 0.25) is 12.6 Å². The highest BCUT2D eigenvalue weighted by Crippen LogP contribution is 2.39. The van der Waals surface area contributed by atoms with E-state index in [1.54, 1.807) is 51.1 Å². The van der Waals surface area contributed by atoms with Crippen LogP contribution in [0.15, 0.2) is 47.8 Å². The Kier molecular flexibility index (Phi) is 10.00. The Bertz CT molecular complexity index is 1650. The second-order valence-electron chi connectivity index (χ2n) is 12.4. The number of nitrogens with zero attached hydrogens (tertiary/aromatic N) is 2. The normalized spacial score (nSPS) is 22.4. The van der Waals surface area contributed by atoms with Crippen LogP contribution in [0.5, 0.6) is 17.2 Å². The van der Waals surface area contributed by atoms with Crippen molar-refractivity contribution in [1.29, 1.82) is 0 Å². The van der Waals surface area contributed by atoms with E-state index in [1.807, 2.05) is 0 Å². The molecule has 2 amide bonds. The highest BCUT2D eigenvalue weighted by atomic mass is 32.1. The molecule has 0 aliphatic carbocycles. The number of benzene rings is 2. The van der Waals surface area contributed by atoms with E-state index in [4.69, 9.17) is 28.4 Å². The molecule has 5 unspecified atom stereocenters. The molecule has 6 rings (SSSR count). The Morgan fingerprint density at radius 1 is 1.14 bits per heavy atom. The summed E-state index contributed by atoms with van der Waals surface area (Å²) in [5, 5.41) is 48.3. The SMILES string of the molecule is Cc1nc(C(O)(O)Oc2ccc(CC(NC(=O)OC3(O)COC4OCCC43)C(O)CN(C(=O)c3ccc4c(c3)OCO4)C(C)C)cc2)cs1. The number of nitrogens with one attached hydrogen (secondary N) is 1. The lowest BCUT2D eigenvalue weighted by Crippen LogP contribution is -2.54. The minimum absolute atomic E-state index is 0.0538. The first-order valence-corrected chi connectivity index (χ1v) is 16.7. The molecule has 3 aromatic rings. The lowest BCUT2D eigenvalue weighted by molar-refractivity contribution is -0.306. The van der Waals surface area contributed by atoms with Crippen LogP contribution < -0.4 is 19.5 Å². The topological polar surface area (TPSA) is 199 Å². The van der Waals surface area contributed by atoms with Crippen LogP contribution in [-0.4, -0.2) is 99.1 Å². The number of thiazole rings is 1. The van der Waals surface area contributed by atoms with Crippen molar-refractivity contribution in [3.63, 3.8) is 0 Å². The van der Waals surface area contributed by atoms with E-state index in [0.717, 1.165) is 0 Å². The standard InChI is InChI=1S/C33H39N3O12S/c1-18(2)36(29(38)21-6-9-26-27(13-21)46-17-45-26)14-25(37)24(35-31(39)48-32(40)16-44-30-23(32)10-11-43-30)12-20-4-7-22(8-5-20)47-33(41,42)28-15-49-19(3)34-28/h4-9,13,15,18,23-25,30,37,40-42H,10-12,14,16-17H2,1-3H3,(H,35,39). The summed E-state index contributed by atoms with van der Waals surface area (Å²) < 4.78 is 32.5. The maximum Gasteiger partial charge on any atom is 0.410 e. The number of alkyl carbamates (subject to hydrolysis) is 1. The summed E-state index contributed by atoms with van der Waals surface area (Å²) in [5.41, 5.74) is 0.894. The third kappa shape index (κ3) is 7.75. The van der Waals surface area contributed by atoms with Gasteiger partial charge >= 0.3 is 12.1 Å². The number of ether oxygens (including phenoxy) is 6. The third-order valence-corrected chi connectivity index (χ3v) is 9.36. The smallest absolute Gasteiger partial charge is 0.410 e. The molecule has 0 spiro atoms. The molecule has 2 fully saturated rings. The first kappa shape index (κ1) is 34.8. The lowest BCUT2D eigenvalue weighted by Gasteiger charge is -2.33. The molecule has 2 saturated heterocycles. The van der Waals surface area contributed by atoms with Crippen molar-refractivity contribution >= 4 is 23.3 Å². The summed E-state index contributed by atoms with van der Waals surface area (Å²) in [4.78, 5) is 32.4. The van der Waals surface area contributed by atoms with Gasteiger partial charge in [-0.1, -0.05) is 12.1 Å². The second-order valence-corrected chi connectivity index (χ2v) is 13.5. The van der Waals surface area contributed by atoms with Gasteiger partial charge in [0.05, 0.1) is 29.7 Å². The van der Waals surface area contributed by atoms with E-state index < -0.39 is 42.2 Å². The fourth-order valence-electron chi connectivity index (χ4n) is 5.93. The number of aryl methyl sites for hydroxylation is 1. The Morgan fingerprint density at radius 2 is 1.90 bits per heavy atom. The summed E-state index contributed by atoms with van der Waals surface area (Å²) in [6.45, 7) is 5.29. The van der Waals surface area contributed by atoms with Crippen LogP contribution in [0.4, 0.5) is 4.79 Å². The molecular weight excluding hydrogens is 662 g/mol. The van der Waals surface area contributed by atoms with E-state index in [1.165, 1.54) is 33.7 Å². The van der Waals surface area contributed by atoms with E-state index >= 15 is 0 Å². The summed E-state index contributed by atoms with van der Waals surface area (Å²) in [6.07, 6.45) is -2.50. The summed E-state index contributed by atoms with van der Waals surface area (Å²) in [6, 6.07) is 9.73. The highest BCUT2D eigenvalue weighted by molar-refractivity contribution is 7.09. The molecule has 0 radical (unpaired) electrons. The number of amides is 2. The van der Waals surface area contributed by atoms with Crippen LogP contribution in [-0.2, 0) is 26.6 Å².